The number of carboxylic acids is 1. The number of carboxylic acid groups (broad SMARTS) is 1. The maximum absolute atomic E-state index is 10.8. The summed E-state index contributed by atoms with van der Waals surface area (Å²) >= 11 is 0. The third-order valence-electron chi connectivity index (χ3n) is 3.58. The number of phenols is 1. The molecule has 1 heterocycles. The Labute approximate surface area is 112 Å². The molecular formula is C14H19NO4. The zero-order valence-electron chi connectivity index (χ0n) is 11.0. The van der Waals surface area contributed by atoms with E-state index >= 15 is 0 Å². The first-order valence-corrected chi connectivity index (χ1v) is 6.42. The van der Waals surface area contributed by atoms with Crippen molar-refractivity contribution < 1.29 is 19.7 Å². The normalized spacial score (nSPS) is 19.5. The van der Waals surface area contributed by atoms with Crippen molar-refractivity contribution in [2.24, 2.45) is 0 Å². The number of ether oxygens (including phenoxy) is 1. The quantitative estimate of drug-likeness (QED) is 0.850. The summed E-state index contributed by atoms with van der Waals surface area (Å²) in [5.41, 5.74) is 0.804. The van der Waals surface area contributed by atoms with E-state index in [1.165, 1.54) is 0 Å². The van der Waals surface area contributed by atoms with Crippen LogP contribution in [0.15, 0.2) is 18.2 Å². The number of rotatable bonds is 5. The van der Waals surface area contributed by atoms with Gasteiger partial charge in [-0.2, -0.15) is 0 Å². The zero-order chi connectivity index (χ0) is 13.8. The Morgan fingerprint density at radius 1 is 1.53 bits per heavy atom. The van der Waals surface area contributed by atoms with Gasteiger partial charge in [-0.3, -0.25) is 9.69 Å². The van der Waals surface area contributed by atoms with Crippen LogP contribution in [0.5, 0.6) is 11.5 Å². The number of aromatic hydroxyl groups is 1. The van der Waals surface area contributed by atoms with Crippen LogP contribution in [0.3, 0.4) is 0 Å². The summed E-state index contributed by atoms with van der Waals surface area (Å²) in [5.74, 6) is 0.0425. The number of nitrogens with zero attached hydrogens (tertiary/aromatic N) is 1. The van der Waals surface area contributed by atoms with E-state index in [9.17, 15) is 9.90 Å². The molecule has 0 aliphatic carbocycles. The fourth-order valence-electron chi connectivity index (χ4n) is 2.56. The van der Waals surface area contributed by atoms with Crippen molar-refractivity contribution in [2.75, 3.05) is 13.7 Å². The van der Waals surface area contributed by atoms with E-state index in [0.29, 0.717) is 12.3 Å². The van der Waals surface area contributed by atoms with Gasteiger partial charge in [0.2, 0.25) is 0 Å². The second-order valence-electron chi connectivity index (χ2n) is 4.86. The van der Waals surface area contributed by atoms with Crippen LogP contribution in [0.2, 0.25) is 0 Å². The fourth-order valence-corrected chi connectivity index (χ4v) is 2.56. The third kappa shape index (κ3) is 3.38. The van der Waals surface area contributed by atoms with Crippen molar-refractivity contribution in [1.29, 1.82) is 0 Å². The molecule has 0 saturated carbocycles. The van der Waals surface area contributed by atoms with Gasteiger partial charge in [0.05, 0.1) is 13.5 Å². The minimum absolute atomic E-state index is 0.0685. The maximum atomic E-state index is 10.8. The van der Waals surface area contributed by atoms with Crippen LogP contribution in [0.1, 0.15) is 24.8 Å². The molecule has 2 N–H and O–H groups in total. The van der Waals surface area contributed by atoms with Gasteiger partial charge in [0, 0.05) is 24.2 Å². The minimum Gasteiger partial charge on any atom is -0.507 e. The van der Waals surface area contributed by atoms with Crippen LogP contribution >= 0.6 is 0 Å². The van der Waals surface area contributed by atoms with Gasteiger partial charge in [0.15, 0.2) is 0 Å². The molecule has 5 heteroatoms. The van der Waals surface area contributed by atoms with Crippen LogP contribution in [-0.4, -0.2) is 40.8 Å². The Morgan fingerprint density at radius 2 is 2.32 bits per heavy atom. The van der Waals surface area contributed by atoms with E-state index in [1.54, 1.807) is 19.2 Å². The van der Waals surface area contributed by atoms with Crippen molar-refractivity contribution >= 4 is 5.97 Å². The molecule has 1 aliphatic rings. The summed E-state index contributed by atoms with van der Waals surface area (Å²) in [6, 6.07) is 5.28. The Balaban J connectivity index is 2.05. The van der Waals surface area contributed by atoms with Gasteiger partial charge in [-0.1, -0.05) is 6.07 Å². The van der Waals surface area contributed by atoms with E-state index < -0.39 is 5.97 Å². The van der Waals surface area contributed by atoms with Gasteiger partial charge in [-0.15, -0.1) is 0 Å². The number of phenolic OH excluding ortho intramolecular Hbond substituents is 1. The van der Waals surface area contributed by atoms with E-state index in [1.807, 2.05) is 6.07 Å². The molecule has 0 bridgehead atoms. The second kappa shape index (κ2) is 5.93. The molecule has 0 spiro atoms. The Morgan fingerprint density at radius 3 is 2.95 bits per heavy atom. The summed E-state index contributed by atoms with van der Waals surface area (Å²) in [7, 11) is 1.55. The lowest BCUT2D eigenvalue weighted by atomic mass is 10.1. The summed E-state index contributed by atoms with van der Waals surface area (Å²) < 4.78 is 5.04. The van der Waals surface area contributed by atoms with Crippen LogP contribution in [0.4, 0.5) is 0 Å². The first-order valence-electron chi connectivity index (χ1n) is 6.42. The molecule has 5 nitrogen and oxygen atoms in total. The van der Waals surface area contributed by atoms with E-state index in [0.717, 1.165) is 24.9 Å². The second-order valence-corrected chi connectivity index (χ2v) is 4.86. The molecule has 1 fully saturated rings. The molecule has 1 saturated heterocycles. The number of benzene rings is 1. The number of hydrogen-bond donors (Lipinski definition) is 2. The van der Waals surface area contributed by atoms with Crippen molar-refractivity contribution in [2.45, 2.75) is 31.8 Å². The molecule has 1 aromatic rings. The predicted molar refractivity (Wildman–Crippen MR) is 70.3 cm³/mol. The first-order chi connectivity index (χ1) is 9.10. The molecule has 104 valence electrons. The highest BCUT2D eigenvalue weighted by Crippen LogP contribution is 2.28. The van der Waals surface area contributed by atoms with Crippen molar-refractivity contribution in [3.63, 3.8) is 0 Å². The molecule has 1 aromatic carbocycles. The summed E-state index contributed by atoms with van der Waals surface area (Å²) in [4.78, 5) is 12.9. The summed E-state index contributed by atoms with van der Waals surface area (Å²) in [5, 5.41) is 18.8. The summed E-state index contributed by atoms with van der Waals surface area (Å²) in [6.07, 6.45) is 2.08. The molecule has 2 rings (SSSR count). The largest absolute Gasteiger partial charge is 0.507 e. The van der Waals surface area contributed by atoms with Gasteiger partial charge in [-0.05, 0) is 25.5 Å². The Kier molecular flexibility index (Phi) is 4.27. The molecule has 1 aliphatic heterocycles. The van der Waals surface area contributed by atoms with E-state index in [-0.39, 0.29) is 18.2 Å². The molecular weight excluding hydrogens is 246 g/mol. The Bertz CT molecular complexity index is 461. The maximum Gasteiger partial charge on any atom is 0.304 e. The highest BCUT2D eigenvalue weighted by atomic mass is 16.5. The molecule has 19 heavy (non-hydrogen) atoms. The van der Waals surface area contributed by atoms with Crippen LogP contribution < -0.4 is 4.74 Å². The minimum atomic E-state index is -0.768. The molecule has 0 amide bonds. The Hall–Kier alpha value is -1.75. The van der Waals surface area contributed by atoms with Crippen molar-refractivity contribution in [3.8, 4) is 11.5 Å². The van der Waals surface area contributed by atoms with Crippen LogP contribution in [0, 0.1) is 0 Å². The predicted octanol–water partition coefficient (Wildman–Crippen LogP) is 1.84. The lowest BCUT2D eigenvalue weighted by molar-refractivity contribution is -0.138. The first kappa shape index (κ1) is 13.7. The van der Waals surface area contributed by atoms with Gasteiger partial charge in [0.1, 0.15) is 11.5 Å². The number of aliphatic carboxylic acids is 1. The molecule has 0 radical (unpaired) electrons. The molecule has 0 aromatic heterocycles. The SMILES string of the molecule is COc1ccc(CN2CCCC2CC(=O)O)c(O)c1. The number of hydrogen-bond acceptors (Lipinski definition) is 4. The molecule has 1 atom stereocenters. The van der Waals surface area contributed by atoms with Crippen molar-refractivity contribution in [3.05, 3.63) is 23.8 Å². The monoisotopic (exact) mass is 265 g/mol. The standard InChI is InChI=1S/C14H19NO4/c1-19-12-5-4-10(13(16)8-12)9-15-6-2-3-11(15)7-14(17)18/h4-5,8,11,16H,2-3,6-7,9H2,1H3,(H,17,18). The van der Waals surface area contributed by atoms with Gasteiger partial charge < -0.3 is 14.9 Å². The smallest absolute Gasteiger partial charge is 0.304 e. The zero-order valence-corrected chi connectivity index (χ0v) is 11.0. The number of methoxy groups -OCH3 is 1. The highest BCUT2D eigenvalue weighted by molar-refractivity contribution is 5.67. The average Bonchev–Trinajstić information content (AvgIpc) is 2.78. The van der Waals surface area contributed by atoms with E-state index in [4.69, 9.17) is 9.84 Å². The van der Waals surface area contributed by atoms with Gasteiger partial charge in [0.25, 0.3) is 0 Å². The number of carbonyl (C=O) groups is 1. The highest BCUT2D eigenvalue weighted by Gasteiger charge is 2.27. The number of likely N-dealkylation sites (tertiary alicyclic amines) is 1. The van der Waals surface area contributed by atoms with Crippen LogP contribution in [0.25, 0.3) is 0 Å². The lowest BCUT2D eigenvalue weighted by Crippen LogP contribution is -2.30. The topological polar surface area (TPSA) is 70.0 Å². The average molecular weight is 265 g/mol. The van der Waals surface area contributed by atoms with Crippen LogP contribution in [-0.2, 0) is 11.3 Å². The third-order valence-corrected chi connectivity index (χ3v) is 3.58. The van der Waals surface area contributed by atoms with E-state index in [2.05, 4.69) is 4.90 Å². The lowest BCUT2D eigenvalue weighted by Gasteiger charge is -2.23. The molecule has 1 unspecified atom stereocenters. The van der Waals surface area contributed by atoms with Gasteiger partial charge >= 0.3 is 5.97 Å². The summed E-state index contributed by atoms with van der Waals surface area (Å²) in [6.45, 7) is 1.46. The van der Waals surface area contributed by atoms with Gasteiger partial charge in [-0.25, -0.2) is 0 Å². The van der Waals surface area contributed by atoms with Crippen molar-refractivity contribution in [1.82, 2.24) is 4.90 Å². The fraction of sp³-hybridized carbons (Fsp3) is 0.500.